The van der Waals surface area contributed by atoms with E-state index >= 15 is 0 Å². The molecule has 6 heteroatoms. The molecule has 0 saturated carbocycles. The fourth-order valence-corrected chi connectivity index (χ4v) is 2.24. The molecule has 1 saturated heterocycles. The second kappa shape index (κ2) is 5.48. The molecule has 5 nitrogen and oxygen atoms in total. The maximum atomic E-state index is 12.3. The van der Waals surface area contributed by atoms with Crippen molar-refractivity contribution >= 4 is 27.7 Å². The minimum absolute atomic E-state index is 0.0243. The Morgan fingerprint density at radius 1 is 1.39 bits per heavy atom. The molecule has 0 atom stereocenters. The summed E-state index contributed by atoms with van der Waals surface area (Å²) in [6.45, 7) is 1.43. The van der Waals surface area contributed by atoms with Crippen LogP contribution in [-0.4, -0.2) is 53.3 Å². The summed E-state index contributed by atoms with van der Waals surface area (Å²) in [5, 5.41) is 0. The number of likely N-dealkylation sites (N-methyl/N-ethyl adjacent to an activating group) is 1. The highest BCUT2D eigenvalue weighted by Crippen LogP contribution is 2.13. The van der Waals surface area contributed by atoms with Gasteiger partial charge in [0.2, 0.25) is 5.91 Å². The Hall–Kier alpha value is -1.43. The highest BCUT2D eigenvalue weighted by Gasteiger charge is 2.23. The van der Waals surface area contributed by atoms with E-state index in [1.807, 2.05) is 0 Å². The fourth-order valence-electron chi connectivity index (χ4n) is 1.87. The molecule has 0 bridgehead atoms. The fraction of sp³-hybridized carbons (Fsp3) is 0.417. The van der Waals surface area contributed by atoms with Gasteiger partial charge in [-0.05, 0) is 28.4 Å². The molecule has 1 fully saturated rings. The van der Waals surface area contributed by atoms with E-state index in [4.69, 9.17) is 0 Å². The third-order valence-corrected chi connectivity index (χ3v) is 3.35. The normalized spacial score (nSPS) is 16.7. The first-order valence-corrected chi connectivity index (χ1v) is 6.51. The lowest BCUT2D eigenvalue weighted by atomic mass is 10.2. The second-order valence-electron chi connectivity index (χ2n) is 4.29. The number of aromatic nitrogens is 1. The standard InChI is InChI=1S/C12H14BrN3O2/c1-15-3-2-4-16(8-11(15)17)12(18)9-5-10(13)7-14-6-9/h5-7H,2-4,8H2,1H3. The number of nitrogens with zero attached hydrogens (tertiary/aromatic N) is 3. The predicted octanol–water partition coefficient (Wildman–Crippen LogP) is 1.15. The molecule has 1 aliphatic heterocycles. The van der Waals surface area contributed by atoms with Crippen LogP contribution in [0.1, 0.15) is 16.8 Å². The third-order valence-electron chi connectivity index (χ3n) is 2.91. The van der Waals surface area contributed by atoms with E-state index in [-0.39, 0.29) is 18.4 Å². The van der Waals surface area contributed by atoms with Crippen LogP contribution in [-0.2, 0) is 4.79 Å². The molecule has 0 unspecified atom stereocenters. The zero-order valence-electron chi connectivity index (χ0n) is 10.1. The highest BCUT2D eigenvalue weighted by molar-refractivity contribution is 9.10. The number of pyridine rings is 1. The van der Waals surface area contributed by atoms with E-state index in [2.05, 4.69) is 20.9 Å². The lowest BCUT2D eigenvalue weighted by molar-refractivity contribution is -0.129. The summed E-state index contributed by atoms with van der Waals surface area (Å²) < 4.78 is 0.756. The first-order valence-electron chi connectivity index (χ1n) is 5.71. The first-order chi connectivity index (χ1) is 8.58. The van der Waals surface area contributed by atoms with Crippen LogP contribution < -0.4 is 0 Å². The van der Waals surface area contributed by atoms with Crippen molar-refractivity contribution in [3.8, 4) is 0 Å². The quantitative estimate of drug-likeness (QED) is 0.782. The lowest BCUT2D eigenvalue weighted by Crippen LogP contribution is -2.38. The molecule has 0 spiro atoms. The van der Waals surface area contributed by atoms with Crippen molar-refractivity contribution in [3.63, 3.8) is 0 Å². The van der Waals surface area contributed by atoms with Crippen molar-refractivity contribution in [2.45, 2.75) is 6.42 Å². The molecular formula is C12H14BrN3O2. The van der Waals surface area contributed by atoms with Crippen molar-refractivity contribution in [2.24, 2.45) is 0 Å². The van der Waals surface area contributed by atoms with Gasteiger partial charge < -0.3 is 9.80 Å². The van der Waals surface area contributed by atoms with Crippen LogP contribution in [0.4, 0.5) is 0 Å². The van der Waals surface area contributed by atoms with Crippen molar-refractivity contribution in [1.29, 1.82) is 0 Å². The van der Waals surface area contributed by atoms with Gasteiger partial charge in [-0.1, -0.05) is 0 Å². The van der Waals surface area contributed by atoms with E-state index in [0.29, 0.717) is 18.7 Å². The van der Waals surface area contributed by atoms with E-state index in [1.165, 1.54) is 6.20 Å². The topological polar surface area (TPSA) is 53.5 Å². The summed E-state index contributed by atoms with van der Waals surface area (Å²) in [6.07, 6.45) is 3.94. The van der Waals surface area contributed by atoms with Crippen molar-refractivity contribution in [1.82, 2.24) is 14.8 Å². The number of carbonyl (C=O) groups is 2. The number of rotatable bonds is 1. The number of hydrogen-bond acceptors (Lipinski definition) is 3. The minimum Gasteiger partial charge on any atom is -0.344 e. The predicted molar refractivity (Wildman–Crippen MR) is 70.1 cm³/mol. The summed E-state index contributed by atoms with van der Waals surface area (Å²) in [7, 11) is 1.76. The van der Waals surface area contributed by atoms with Gasteiger partial charge in [-0.3, -0.25) is 14.6 Å². The summed E-state index contributed by atoms with van der Waals surface area (Å²) in [5.41, 5.74) is 0.502. The summed E-state index contributed by atoms with van der Waals surface area (Å²) >= 11 is 3.28. The van der Waals surface area contributed by atoms with Gasteiger partial charge in [0.05, 0.1) is 5.56 Å². The van der Waals surface area contributed by atoms with Gasteiger partial charge in [0, 0.05) is 37.0 Å². The molecule has 0 radical (unpaired) electrons. The average molecular weight is 312 g/mol. The molecule has 1 aliphatic rings. The van der Waals surface area contributed by atoms with Gasteiger partial charge in [-0.25, -0.2) is 0 Å². The van der Waals surface area contributed by atoms with Gasteiger partial charge in [-0.15, -0.1) is 0 Å². The van der Waals surface area contributed by atoms with Crippen LogP contribution >= 0.6 is 15.9 Å². The number of amides is 2. The Kier molecular flexibility index (Phi) is 3.96. The SMILES string of the molecule is CN1CCCN(C(=O)c2cncc(Br)c2)CC1=O. The molecular weight excluding hydrogens is 298 g/mol. The molecule has 2 rings (SSSR count). The van der Waals surface area contributed by atoms with Gasteiger partial charge in [-0.2, -0.15) is 0 Å². The van der Waals surface area contributed by atoms with Gasteiger partial charge in [0.1, 0.15) is 6.54 Å². The molecule has 0 aromatic carbocycles. The van der Waals surface area contributed by atoms with Gasteiger partial charge in [0.15, 0.2) is 0 Å². The molecule has 0 aliphatic carbocycles. The van der Waals surface area contributed by atoms with Gasteiger partial charge in [0.25, 0.3) is 5.91 Å². The Balaban J connectivity index is 2.16. The van der Waals surface area contributed by atoms with Crippen LogP contribution in [0.2, 0.25) is 0 Å². The lowest BCUT2D eigenvalue weighted by Gasteiger charge is -2.19. The second-order valence-corrected chi connectivity index (χ2v) is 5.20. The monoisotopic (exact) mass is 311 g/mol. The van der Waals surface area contributed by atoms with E-state index in [1.54, 1.807) is 29.1 Å². The van der Waals surface area contributed by atoms with E-state index in [9.17, 15) is 9.59 Å². The van der Waals surface area contributed by atoms with E-state index in [0.717, 1.165) is 10.9 Å². The Bertz CT molecular complexity index is 478. The Labute approximate surface area is 114 Å². The van der Waals surface area contributed by atoms with Crippen LogP contribution in [0.5, 0.6) is 0 Å². The number of hydrogen-bond donors (Lipinski definition) is 0. The molecule has 18 heavy (non-hydrogen) atoms. The van der Waals surface area contributed by atoms with Crippen LogP contribution in [0.3, 0.4) is 0 Å². The molecule has 2 heterocycles. The molecule has 2 amide bonds. The molecule has 1 aromatic rings. The Morgan fingerprint density at radius 2 is 2.17 bits per heavy atom. The van der Waals surface area contributed by atoms with Crippen LogP contribution in [0.15, 0.2) is 22.9 Å². The minimum atomic E-state index is -0.146. The molecule has 0 N–H and O–H groups in total. The zero-order chi connectivity index (χ0) is 13.1. The highest BCUT2D eigenvalue weighted by atomic mass is 79.9. The average Bonchev–Trinajstić information content (AvgIpc) is 2.51. The van der Waals surface area contributed by atoms with Crippen LogP contribution in [0.25, 0.3) is 0 Å². The van der Waals surface area contributed by atoms with E-state index < -0.39 is 0 Å². The summed E-state index contributed by atoms with van der Waals surface area (Å²) in [5.74, 6) is -0.170. The first kappa shape index (κ1) is 13.0. The smallest absolute Gasteiger partial charge is 0.255 e. The van der Waals surface area contributed by atoms with Crippen molar-refractivity contribution in [3.05, 3.63) is 28.5 Å². The van der Waals surface area contributed by atoms with Gasteiger partial charge >= 0.3 is 0 Å². The number of halogens is 1. The third kappa shape index (κ3) is 2.87. The summed E-state index contributed by atoms with van der Waals surface area (Å²) in [4.78, 5) is 31.2. The largest absolute Gasteiger partial charge is 0.344 e. The Morgan fingerprint density at radius 3 is 2.89 bits per heavy atom. The molecule has 1 aromatic heterocycles. The summed E-state index contributed by atoms with van der Waals surface area (Å²) in [6, 6.07) is 1.72. The van der Waals surface area contributed by atoms with Crippen LogP contribution in [0, 0.1) is 0 Å². The number of carbonyl (C=O) groups excluding carboxylic acids is 2. The maximum absolute atomic E-state index is 12.3. The maximum Gasteiger partial charge on any atom is 0.255 e. The van der Waals surface area contributed by atoms with Crippen molar-refractivity contribution < 1.29 is 9.59 Å². The zero-order valence-corrected chi connectivity index (χ0v) is 11.7. The van der Waals surface area contributed by atoms with Crippen molar-refractivity contribution in [2.75, 3.05) is 26.7 Å². The molecule has 96 valence electrons.